The zero-order valence-electron chi connectivity index (χ0n) is 20.7. The van der Waals surface area contributed by atoms with Gasteiger partial charge >= 0.3 is 5.97 Å². The fraction of sp³-hybridized carbons (Fsp3) is 0.100. The van der Waals surface area contributed by atoms with E-state index >= 15 is 0 Å². The Hall–Kier alpha value is -4.21. The molecular weight excluding hydrogens is 580 g/mol. The Balaban J connectivity index is 1.41. The summed E-state index contributed by atoms with van der Waals surface area (Å²) in [6.45, 7) is 2.14. The summed E-state index contributed by atoms with van der Waals surface area (Å²) >= 11 is 4.73. The van der Waals surface area contributed by atoms with Gasteiger partial charge in [0.05, 0.1) is 23.4 Å². The highest BCUT2D eigenvalue weighted by molar-refractivity contribution is 9.10. The fourth-order valence-corrected chi connectivity index (χ4v) is 5.65. The number of ether oxygens (including phenoxy) is 3. The van der Waals surface area contributed by atoms with Gasteiger partial charge in [0.1, 0.15) is 10.6 Å². The lowest BCUT2D eigenvalue weighted by atomic mass is 10.0. The third-order valence-electron chi connectivity index (χ3n) is 6.28. The first-order valence-electron chi connectivity index (χ1n) is 12.2. The molecule has 0 fully saturated rings. The minimum absolute atomic E-state index is 0.170. The Morgan fingerprint density at radius 3 is 2.59 bits per heavy atom. The first-order valence-corrected chi connectivity index (χ1v) is 13.8. The summed E-state index contributed by atoms with van der Waals surface area (Å²) in [7, 11) is 0. The molecule has 1 aliphatic rings. The molecule has 0 spiro atoms. The van der Waals surface area contributed by atoms with Gasteiger partial charge in [0.15, 0.2) is 11.5 Å². The molecule has 7 nitrogen and oxygen atoms in total. The molecule has 0 saturated heterocycles. The van der Waals surface area contributed by atoms with Crippen molar-refractivity contribution < 1.29 is 23.8 Å². The molecule has 0 bridgehead atoms. The van der Waals surface area contributed by atoms with Crippen molar-refractivity contribution in [2.45, 2.75) is 6.92 Å². The number of fused-ring (bicyclic) bond motifs is 2. The first kappa shape index (κ1) is 25.1. The van der Waals surface area contributed by atoms with E-state index in [1.807, 2.05) is 72.1 Å². The summed E-state index contributed by atoms with van der Waals surface area (Å²) in [5.74, 6) is 0.452. The van der Waals surface area contributed by atoms with Crippen molar-refractivity contribution in [1.82, 2.24) is 4.98 Å². The van der Waals surface area contributed by atoms with E-state index in [4.69, 9.17) is 19.2 Å². The lowest BCUT2D eigenvalue weighted by molar-refractivity contribution is 0.0529. The van der Waals surface area contributed by atoms with Crippen molar-refractivity contribution in [3.63, 3.8) is 0 Å². The van der Waals surface area contributed by atoms with Gasteiger partial charge in [-0.15, -0.1) is 11.3 Å². The smallest absolute Gasteiger partial charge is 0.341 e. The number of amides is 1. The van der Waals surface area contributed by atoms with Crippen molar-refractivity contribution in [2.75, 3.05) is 18.7 Å². The summed E-state index contributed by atoms with van der Waals surface area (Å²) in [4.78, 5) is 31.6. The molecule has 0 saturated carbocycles. The van der Waals surface area contributed by atoms with E-state index in [1.54, 1.807) is 13.0 Å². The maximum Gasteiger partial charge on any atom is 0.341 e. The number of hydrogen-bond donors (Lipinski definition) is 1. The second-order valence-electron chi connectivity index (χ2n) is 8.68. The standard InChI is InChI=1S/C30H21BrN2O5S/c1-2-36-30(35)27-22(17-7-10-19(31)11-8-17)15-39-29(27)33-28(34)21-14-24(32-23-6-4-3-5-20(21)23)18-9-12-25-26(13-18)38-16-37-25/h3-15H,2,16H2,1H3,(H,33,34). The molecule has 9 heteroatoms. The van der Waals surface area contributed by atoms with Gasteiger partial charge in [-0.05, 0) is 55.0 Å². The SMILES string of the molecule is CCOC(=O)c1c(-c2ccc(Br)cc2)csc1NC(=O)c1cc(-c2ccc3c(c2)OCO3)nc2ccccc12. The van der Waals surface area contributed by atoms with Crippen LogP contribution in [0, 0.1) is 0 Å². The molecule has 0 atom stereocenters. The van der Waals surface area contributed by atoms with Gasteiger partial charge in [-0.3, -0.25) is 4.79 Å². The van der Waals surface area contributed by atoms with Gasteiger partial charge in [0.2, 0.25) is 6.79 Å². The van der Waals surface area contributed by atoms with Crippen molar-refractivity contribution in [3.05, 3.63) is 93.8 Å². The Bertz CT molecular complexity index is 1730. The quantitative estimate of drug-likeness (QED) is 0.202. The van der Waals surface area contributed by atoms with Crippen molar-refractivity contribution >= 4 is 55.0 Å². The fourth-order valence-electron chi connectivity index (χ4n) is 4.44. The van der Waals surface area contributed by atoms with Crippen LogP contribution in [0.1, 0.15) is 27.6 Å². The Morgan fingerprint density at radius 2 is 1.77 bits per heavy atom. The monoisotopic (exact) mass is 600 g/mol. The molecule has 6 rings (SSSR count). The minimum Gasteiger partial charge on any atom is -0.462 e. The number of thiophene rings is 1. The van der Waals surface area contributed by atoms with E-state index in [9.17, 15) is 9.59 Å². The molecule has 194 valence electrons. The van der Waals surface area contributed by atoms with Gasteiger partial charge in [-0.2, -0.15) is 0 Å². The van der Waals surface area contributed by atoms with E-state index < -0.39 is 5.97 Å². The molecule has 0 radical (unpaired) electrons. The van der Waals surface area contributed by atoms with Crippen LogP contribution in [-0.2, 0) is 4.74 Å². The molecule has 39 heavy (non-hydrogen) atoms. The van der Waals surface area contributed by atoms with Gasteiger partial charge in [0, 0.05) is 26.4 Å². The molecule has 0 unspecified atom stereocenters. The Labute approximate surface area is 236 Å². The number of rotatable bonds is 6. The summed E-state index contributed by atoms with van der Waals surface area (Å²) in [6, 6.07) is 22.4. The van der Waals surface area contributed by atoms with Crippen LogP contribution in [0.2, 0.25) is 0 Å². The lowest BCUT2D eigenvalue weighted by Gasteiger charge is -2.12. The van der Waals surface area contributed by atoms with Crippen LogP contribution >= 0.6 is 27.3 Å². The number of para-hydroxylation sites is 1. The summed E-state index contributed by atoms with van der Waals surface area (Å²) in [5, 5.41) is 5.95. The predicted octanol–water partition coefficient (Wildman–Crippen LogP) is 7.55. The average molecular weight is 601 g/mol. The molecule has 0 aliphatic carbocycles. The van der Waals surface area contributed by atoms with Gasteiger partial charge in [-0.1, -0.05) is 46.3 Å². The normalized spacial score (nSPS) is 11.9. The van der Waals surface area contributed by atoms with E-state index in [1.165, 1.54) is 11.3 Å². The minimum atomic E-state index is -0.493. The molecule has 1 amide bonds. The zero-order valence-corrected chi connectivity index (χ0v) is 23.1. The maximum absolute atomic E-state index is 13.8. The summed E-state index contributed by atoms with van der Waals surface area (Å²) < 4.78 is 17.2. The lowest BCUT2D eigenvalue weighted by Crippen LogP contribution is -2.15. The van der Waals surface area contributed by atoms with E-state index in [0.717, 1.165) is 15.6 Å². The van der Waals surface area contributed by atoms with Crippen LogP contribution in [-0.4, -0.2) is 30.3 Å². The number of nitrogens with one attached hydrogen (secondary N) is 1. The number of halogens is 1. The largest absolute Gasteiger partial charge is 0.462 e. The van der Waals surface area contributed by atoms with Crippen LogP contribution in [0.5, 0.6) is 11.5 Å². The average Bonchev–Trinajstić information content (AvgIpc) is 3.59. The van der Waals surface area contributed by atoms with Crippen LogP contribution in [0.25, 0.3) is 33.3 Å². The predicted molar refractivity (Wildman–Crippen MR) is 155 cm³/mol. The highest BCUT2D eigenvalue weighted by Crippen LogP contribution is 2.38. The van der Waals surface area contributed by atoms with Crippen LogP contribution in [0.3, 0.4) is 0 Å². The third kappa shape index (κ3) is 4.86. The second kappa shape index (κ2) is 10.5. The number of carbonyl (C=O) groups is 2. The zero-order chi connectivity index (χ0) is 26.9. The number of pyridine rings is 1. The van der Waals surface area contributed by atoms with Gasteiger partial charge < -0.3 is 19.5 Å². The molecule has 2 aromatic heterocycles. The first-order chi connectivity index (χ1) is 19.0. The van der Waals surface area contributed by atoms with Gasteiger partial charge in [0.25, 0.3) is 5.91 Å². The van der Waals surface area contributed by atoms with Crippen LogP contribution in [0.15, 0.2) is 82.6 Å². The molecule has 3 heterocycles. The number of esters is 1. The maximum atomic E-state index is 13.8. The molecule has 3 aromatic carbocycles. The number of benzene rings is 3. The van der Waals surface area contributed by atoms with E-state index in [-0.39, 0.29) is 19.3 Å². The summed E-state index contributed by atoms with van der Waals surface area (Å²) in [5.41, 5.74) is 4.38. The number of anilines is 1. The Morgan fingerprint density at radius 1 is 1.00 bits per heavy atom. The Kier molecular flexibility index (Phi) is 6.76. The third-order valence-corrected chi connectivity index (χ3v) is 7.71. The second-order valence-corrected chi connectivity index (χ2v) is 10.5. The molecule has 5 aromatic rings. The van der Waals surface area contributed by atoms with E-state index in [0.29, 0.717) is 49.8 Å². The van der Waals surface area contributed by atoms with Crippen molar-refractivity contribution in [2.24, 2.45) is 0 Å². The van der Waals surface area contributed by atoms with E-state index in [2.05, 4.69) is 21.2 Å². The number of hydrogen-bond acceptors (Lipinski definition) is 7. The topological polar surface area (TPSA) is 86.8 Å². The van der Waals surface area contributed by atoms with Crippen LogP contribution in [0.4, 0.5) is 5.00 Å². The van der Waals surface area contributed by atoms with Gasteiger partial charge in [-0.25, -0.2) is 9.78 Å². The molecule has 1 aliphatic heterocycles. The van der Waals surface area contributed by atoms with Crippen LogP contribution < -0.4 is 14.8 Å². The molecular formula is C30H21BrN2O5S. The number of aromatic nitrogens is 1. The van der Waals surface area contributed by atoms with Crippen molar-refractivity contribution in [1.29, 1.82) is 0 Å². The molecule has 1 N–H and O–H groups in total. The highest BCUT2D eigenvalue weighted by atomic mass is 79.9. The summed E-state index contributed by atoms with van der Waals surface area (Å²) in [6.07, 6.45) is 0. The number of carbonyl (C=O) groups excluding carboxylic acids is 2. The van der Waals surface area contributed by atoms with Crippen molar-refractivity contribution in [3.8, 4) is 33.9 Å². The number of nitrogens with zero attached hydrogens (tertiary/aromatic N) is 1. The highest BCUT2D eigenvalue weighted by Gasteiger charge is 2.24.